The van der Waals surface area contributed by atoms with Gasteiger partial charge in [0.15, 0.2) is 0 Å². The molecule has 142 valence electrons. The van der Waals surface area contributed by atoms with E-state index >= 15 is 0 Å². The summed E-state index contributed by atoms with van der Waals surface area (Å²) in [5, 5.41) is 6.00. The first-order valence-electron chi connectivity index (χ1n) is 9.66. The van der Waals surface area contributed by atoms with Crippen LogP contribution in [0.1, 0.15) is 46.9 Å². The van der Waals surface area contributed by atoms with E-state index < -0.39 is 0 Å². The molecule has 0 radical (unpaired) electrons. The maximum Gasteiger partial charge on any atom is 0.255 e. The highest BCUT2D eigenvalue weighted by Gasteiger charge is 2.22. The lowest BCUT2D eigenvalue weighted by Crippen LogP contribution is -2.44. The average Bonchev–Trinajstić information content (AvgIpc) is 2.70. The van der Waals surface area contributed by atoms with Crippen molar-refractivity contribution >= 4 is 17.5 Å². The van der Waals surface area contributed by atoms with E-state index in [4.69, 9.17) is 0 Å². The Kier molecular flexibility index (Phi) is 6.60. The van der Waals surface area contributed by atoms with Gasteiger partial charge < -0.3 is 15.5 Å². The number of para-hydroxylation sites is 1. The predicted molar refractivity (Wildman–Crippen MR) is 108 cm³/mol. The van der Waals surface area contributed by atoms with Gasteiger partial charge in [0.1, 0.15) is 0 Å². The number of carbonyl (C=O) groups excluding carboxylic acids is 2. The first-order chi connectivity index (χ1) is 13.2. The lowest BCUT2D eigenvalue weighted by Gasteiger charge is -2.32. The largest absolute Gasteiger partial charge is 0.349 e. The van der Waals surface area contributed by atoms with Crippen LogP contribution < -0.4 is 10.6 Å². The number of carbonyl (C=O) groups is 2. The molecular weight excluding hydrogens is 338 g/mol. The standard InChI is InChI=1S/C22H27N3O2/c1-2-14-25-15-12-18(13-16-25)23-22(27)19-10-6-7-11-20(19)24-21(26)17-8-4-3-5-9-17/h3-11,18H,2,12-16H2,1H3,(H,23,27)(H,24,26). The Morgan fingerprint density at radius 1 is 0.963 bits per heavy atom. The van der Waals surface area contributed by atoms with Crippen molar-refractivity contribution in [3.63, 3.8) is 0 Å². The summed E-state index contributed by atoms with van der Waals surface area (Å²) in [6.45, 7) is 5.35. The molecular formula is C22H27N3O2. The molecule has 0 saturated carbocycles. The van der Waals surface area contributed by atoms with E-state index in [-0.39, 0.29) is 17.9 Å². The van der Waals surface area contributed by atoms with Crippen molar-refractivity contribution in [3.8, 4) is 0 Å². The van der Waals surface area contributed by atoms with E-state index in [1.807, 2.05) is 30.3 Å². The molecule has 0 spiro atoms. The van der Waals surface area contributed by atoms with Crippen molar-refractivity contribution in [1.29, 1.82) is 0 Å². The number of nitrogens with one attached hydrogen (secondary N) is 2. The fourth-order valence-electron chi connectivity index (χ4n) is 3.45. The number of hydrogen-bond donors (Lipinski definition) is 2. The Balaban J connectivity index is 1.63. The summed E-state index contributed by atoms with van der Waals surface area (Å²) in [7, 11) is 0. The first kappa shape index (κ1) is 19.1. The fourth-order valence-corrected chi connectivity index (χ4v) is 3.45. The van der Waals surface area contributed by atoms with E-state index in [0.29, 0.717) is 16.8 Å². The van der Waals surface area contributed by atoms with Crippen LogP contribution in [0.15, 0.2) is 54.6 Å². The van der Waals surface area contributed by atoms with Gasteiger partial charge in [-0.2, -0.15) is 0 Å². The zero-order valence-corrected chi connectivity index (χ0v) is 15.8. The van der Waals surface area contributed by atoms with Crippen molar-refractivity contribution in [2.75, 3.05) is 25.0 Å². The van der Waals surface area contributed by atoms with Gasteiger partial charge in [-0.05, 0) is 50.1 Å². The quantitative estimate of drug-likeness (QED) is 0.823. The van der Waals surface area contributed by atoms with Gasteiger partial charge in [-0.1, -0.05) is 37.3 Å². The topological polar surface area (TPSA) is 61.4 Å². The molecule has 0 aromatic heterocycles. The maximum atomic E-state index is 12.8. The molecule has 0 aliphatic carbocycles. The van der Waals surface area contributed by atoms with Gasteiger partial charge in [-0.25, -0.2) is 0 Å². The van der Waals surface area contributed by atoms with Crippen LogP contribution in [0.3, 0.4) is 0 Å². The lowest BCUT2D eigenvalue weighted by atomic mass is 10.0. The van der Waals surface area contributed by atoms with Gasteiger partial charge in [-0.15, -0.1) is 0 Å². The molecule has 1 aliphatic rings. The van der Waals surface area contributed by atoms with Crippen molar-refractivity contribution in [1.82, 2.24) is 10.2 Å². The number of nitrogens with zero attached hydrogens (tertiary/aromatic N) is 1. The Labute approximate surface area is 160 Å². The average molecular weight is 365 g/mol. The van der Waals surface area contributed by atoms with Gasteiger partial charge in [0.05, 0.1) is 11.3 Å². The Morgan fingerprint density at radius 2 is 1.63 bits per heavy atom. The molecule has 0 bridgehead atoms. The van der Waals surface area contributed by atoms with Crippen molar-refractivity contribution in [2.45, 2.75) is 32.2 Å². The Morgan fingerprint density at radius 3 is 2.33 bits per heavy atom. The van der Waals surface area contributed by atoms with E-state index in [9.17, 15) is 9.59 Å². The molecule has 0 unspecified atom stereocenters. The summed E-state index contributed by atoms with van der Waals surface area (Å²) >= 11 is 0. The summed E-state index contributed by atoms with van der Waals surface area (Å²) < 4.78 is 0. The summed E-state index contributed by atoms with van der Waals surface area (Å²) in [5.74, 6) is -0.350. The van der Waals surface area contributed by atoms with Gasteiger partial charge >= 0.3 is 0 Å². The highest BCUT2D eigenvalue weighted by atomic mass is 16.2. The molecule has 2 aromatic rings. The molecule has 2 amide bonds. The molecule has 1 aliphatic heterocycles. The number of benzene rings is 2. The minimum atomic E-state index is -0.219. The van der Waals surface area contributed by atoms with Crippen LogP contribution in [0.25, 0.3) is 0 Å². The number of anilines is 1. The molecule has 1 saturated heterocycles. The van der Waals surface area contributed by atoms with Gasteiger partial charge in [0.25, 0.3) is 11.8 Å². The highest BCUT2D eigenvalue weighted by Crippen LogP contribution is 2.18. The molecule has 27 heavy (non-hydrogen) atoms. The van der Waals surface area contributed by atoms with Crippen molar-refractivity contribution in [2.24, 2.45) is 0 Å². The van der Waals surface area contributed by atoms with Crippen LogP contribution in [0, 0.1) is 0 Å². The fraction of sp³-hybridized carbons (Fsp3) is 0.364. The van der Waals surface area contributed by atoms with E-state index in [2.05, 4.69) is 22.5 Å². The number of amides is 2. The van der Waals surface area contributed by atoms with Gasteiger partial charge in [0.2, 0.25) is 0 Å². The summed E-state index contributed by atoms with van der Waals surface area (Å²) in [4.78, 5) is 27.7. The monoisotopic (exact) mass is 365 g/mol. The van der Waals surface area contributed by atoms with E-state index in [1.165, 1.54) is 0 Å². The SMILES string of the molecule is CCCN1CCC(NC(=O)c2ccccc2NC(=O)c2ccccc2)CC1. The van der Waals surface area contributed by atoms with Crippen molar-refractivity contribution in [3.05, 3.63) is 65.7 Å². The molecule has 0 atom stereocenters. The predicted octanol–water partition coefficient (Wildman–Crippen LogP) is 3.54. The summed E-state index contributed by atoms with van der Waals surface area (Å²) in [5.41, 5.74) is 1.60. The third kappa shape index (κ3) is 5.17. The van der Waals surface area contributed by atoms with Gasteiger partial charge in [0, 0.05) is 24.7 Å². The van der Waals surface area contributed by atoms with Crippen LogP contribution in [0.5, 0.6) is 0 Å². The number of likely N-dealkylation sites (tertiary alicyclic amines) is 1. The normalized spacial score (nSPS) is 15.3. The Bertz CT molecular complexity index is 768. The third-order valence-corrected chi connectivity index (χ3v) is 4.92. The second kappa shape index (κ2) is 9.33. The summed E-state index contributed by atoms with van der Waals surface area (Å²) in [6.07, 6.45) is 3.08. The molecule has 5 heteroatoms. The number of rotatable bonds is 6. The zero-order chi connectivity index (χ0) is 19.1. The van der Waals surface area contributed by atoms with Crippen LogP contribution in [0.2, 0.25) is 0 Å². The van der Waals surface area contributed by atoms with E-state index in [0.717, 1.165) is 38.9 Å². The second-order valence-electron chi connectivity index (χ2n) is 6.96. The molecule has 2 aromatic carbocycles. The lowest BCUT2D eigenvalue weighted by molar-refractivity contribution is 0.0912. The highest BCUT2D eigenvalue weighted by molar-refractivity contribution is 6.09. The minimum absolute atomic E-state index is 0.132. The molecule has 5 nitrogen and oxygen atoms in total. The van der Waals surface area contributed by atoms with Crippen LogP contribution >= 0.6 is 0 Å². The van der Waals surface area contributed by atoms with Crippen LogP contribution in [0.4, 0.5) is 5.69 Å². The second-order valence-corrected chi connectivity index (χ2v) is 6.96. The smallest absolute Gasteiger partial charge is 0.255 e. The number of hydrogen-bond acceptors (Lipinski definition) is 3. The van der Waals surface area contributed by atoms with Gasteiger partial charge in [-0.3, -0.25) is 9.59 Å². The molecule has 1 fully saturated rings. The maximum absolute atomic E-state index is 12.8. The van der Waals surface area contributed by atoms with Crippen LogP contribution in [-0.2, 0) is 0 Å². The first-order valence-corrected chi connectivity index (χ1v) is 9.66. The van der Waals surface area contributed by atoms with Crippen LogP contribution in [-0.4, -0.2) is 42.4 Å². The van der Waals surface area contributed by atoms with Crippen molar-refractivity contribution < 1.29 is 9.59 Å². The summed E-state index contributed by atoms with van der Waals surface area (Å²) in [6, 6.07) is 16.3. The minimum Gasteiger partial charge on any atom is -0.349 e. The molecule has 3 rings (SSSR count). The van der Waals surface area contributed by atoms with E-state index in [1.54, 1.807) is 24.3 Å². The third-order valence-electron chi connectivity index (χ3n) is 4.92. The Hall–Kier alpha value is -2.66. The number of piperidine rings is 1. The molecule has 1 heterocycles. The zero-order valence-electron chi connectivity index (χ0n) is 15.8. The molecule has 2 N–H and O–H groups in total.